The molecule has 0 aliphatic carbocycles. The van der Waals surface area contributed by atoms with Gasteiger partial charge in [0.1, 0.15) is 30.9 Å². The Labute approximate surface area is 128 Å². The van der Waals surface area contributed by atoms with Crippen LogP contribution in [-0.4, -0.2) is 32.5 Å². The minimum Gasteiger partial charge on any atom is -0.491 e. The van der Waals surface area contributed by atoms with Crippen molar-refractivity contribution in [3.63, 3.8) is 0 Å². The molecular weight excluding hydrogens is 286 g/mol. The predicted molar refractivity (Wildman–Crippen MR) is 80.9 cm³/mol. The molecule has 1 aromatic heterocycles. The molecule has 7 heteroatoms. The van der Waals surface area contributed by atoms with Crippen LogP contribution in [0.15, 0.2) is 36.7 Å². The monoisotopic (exact) mass is 305 g/mol. The van der Waals surface area contributed by atoms with Crippen LogP contribution in [0.4, 0.5) is 5.69 Å². The highest BCUT2D eigenvalue weighted by atomic mass is 16.6. The molecule has 0 aliphatic heterocycles. The minimum atomic E-state index is -0.806. The van der Waals surface area contributed by atoms with Gasteiger partial charge in [-0.3, -0.25) is 14.8 Å². The van der Waals surface area contributed by atoms with Crippen molar-refractivity contribution in [2.75, 3.05) is 6.61 Å². The summed E-state index contributed by atoms with van der Waals surface area (Å²) in [6.07, 6.45) is 1.63. The lowest BCUT2D eigenvalue weighted by Crippen LogP contribution is -2.24. The van der Waals surface area contributed by atoms with Crippen LogP contribution in [-0.2, 0) is 6.54 Å². The average Bonchev–Trinajstić information content (AvgIpc) is 2.94. The van der Waals surface area contributed by atoms with E-state index in [0.29, 0.717) is 5.92 Å². The number of aliphatic hydroxyl groups excluding tert-OH is 1. The topological polar surface area (TPSA) is 90.4 Å². The van der Waals surface area contributed by atoms with Gasteiger partial charge in [-0.1, -0.05) is 32.0 Å². The van der Waals surface area contributed by atoms with Gasteiger partial charge in [-0.2, -0.15) is 5.10 Å². The SMILES string of the molecule is CC(C)c1ccccc1OCC(O)Cn1cc([N+](=O)[O-])cn1. The first-order chi connectivity index (χ1) is 10.5. The predicted octanol–water partition coefficient (Wildman–Crippen LogP) is 2.35. The number of aromatic nitrogens is 2. The van der Waals surface area contributed by atoms with E-state index in [2.05, 4.69) is 18.9 Å². The molecule has 0 saturated heterocycles. The van der Waals surface area contributed by atoms with Crippen LogP contribution < -0.4 is 4.74 Å². The Morgan fingerprint density at radius 2 is 2.14 bits per heavy atom. The second kappa shape index (κ2) is 7.04. The minimum absolute atomic E-state index is 0.0946. The molecule has 7 nitrogen and oxygen atoms in total. The molecule has 1 N–H and O–H groups in total. The molecule has 1 aromatic carbocycles. The van der Waals surface area contributed by atoms with Crippen molar-refractivity contribution in [2.24, 2.45) is 0 Å². The van der Waals surface area contributed by atoms with Crippen LogP contribution in [0, 0.1) is 10.1 Å². The number of hydrogen-bond donors (Lipinski definition) is 1. The number of ether oxygens (including phenoxy) is 1. The fourth-order valence-corrected chi connectivity index (χ4v) is 2.09. The highest BCUT2D eigenvalue weighted by Gasteiger charge is 2.13. The van der Waals surface area contributed by atoms with Crippen molar-refractivity contribution in [1.29, 1.82) is 0 Å². The zero-order chi connectivity index (χ0) is 16.1. The lowest BCUT2D eigenvalue weighted by Gasteiger charge is -2.16. The molecule has 0 radical (unpaired) electrons. The molecule has 22 heavy (non-hydrogen) atoms. The van der Waals surface area contributed by atoms with Gasteiger partial charge in [0.05, 0.1) is 11.5 Å². The standard InChI is InChI=1S/C15H19N3O4/c1-11(2)14-5-3-4-6-15(14)22-10-13(19)9-17-8-12(7-16-17)18(20)21/h3-8,11,13,19H,9-10H2,1-2H3. The summed E-state index contributed by atoms with van der Waals surface area (Å²) in [6.45, 7) is 4.37. The Morgan fingerprint density at radius 3 is 2.77 bits per heavy atom. The highest BCUT2D eigenvalue weighted by molar-refractivity contribution is 5.35. The fourth-order valence-electron chi connectivity index (χ4n) is 2.09. The number of rotatable bonds is 7. The van der Waals surface area contributed by atoms with E-state index in [4.69, 9.17) is 4.74 Å². The van der Waals surface area contributed by atoms with E-state index in [9.17, 15) is 15.2 Å². The maximum Gasteiger partial charge on any atom is 0.306 e. The zero-order valence-electron chi connectivity index (χ0n) is 12.5. The number of nitrogens with zero attached hydrogens (tertiary/aromatic N) is 3. The van der Waals surface area contributed by atoms with Gasteiger partial charge in [-0.25, -0.2) is 0 Å². The molecule has 118 valence electrons. The normalized spacial score (nSPS) is 12.4. The van der Waals surface area contributed by atoms with E-state index in [1.165, 1.54) is 10.9 Å². The van der Waals surface area contributed by atoms with Crippen molar-refractivity contribution < 1.29 is 14.8 Å². The van der Waals surface area contributed by atoms with E-state index < -0.39 is 11.0 Å². The van der Waals surface area contributed by atoms with E-state index in [1.54, 1.807) is 0 Å². The van der Waals surface area contributed by atoms with Crippen LogP contribution >= 0.6 is 0 Å². The molecule has 1 atom stereocenters. The third kappa shape index (κ3) is 4.05. The Hall–Kier alpha value is -2.41. The molecule has 1 heterocycles. The first kappa shape index (κ1) is 16.0. The summed E-state index contributed by atoms with van der Waals surface area (Å²) in [5.41, 5.74) is 0.975. The summed E-state index contributed by atoms with van der Waals surface area (Å²) in [6, 6.07) is 7.68. The fraction of sp³-hybridized carbons (Fsp3) is 0.400. The maximum atomic E-state index is 10.6. The van der Waals surface area contributed by atoms with E-state index in [1.807, 2.05) is 24.3 Å². The summed E-state index contributed by atoms with van der Waals surface area (Å²) in [5, 5.41) is 24.4. The molecule has 1 unspecified atom stereocenters. The van der Waals surface area contributed by atoms with Gasteiger partial charge in [0.25, 0.3) is 0 Å². The molecule has 0 saturated carbocycles. The zero-order valence-corrected chi connectivity index (χ0v) is 12.5. The molecule has 0 bridgehead atoms. The van der Waals surface area contributed by atoms with Crippen molar-refractivity contribution in [3.05, 3.63) is 52.3 Å². The maximum absolute atomic E-state index is 10.6. The first-order valence-electron chi connectivity index (χ1n) is 7.04. The van der Waals surface area contributed by atoms with E-state index >= 15 is 0 Å². The molecule has 0 amide bonds. The quantitative estimate of drug-likeness (QED) is 0.626. The third-order valence-corrected chi connectivity index (χ3v) is 3.20. The van der Waals surface area contributed by atoms with Gasteiger partial charge in [-0.05, 0) is 17.5 Å². The van der Waals surface area contributed by atoms with Gasteiger partial charge in [0.15, 0.2) is 0 Å². The summed E-state index contributed by atoms with van der Waals surface area (Å²) >= 11 is 0. The van der Waals surface area contributed by atoms with Gasteiger partial charge in [-0.15, -0.1) is 0 Å². The Balaban J connectivity index is 1.92. The Morgan fingerprint density at radius 1 is 1.41 bits per heavy atom. The lowest BCUT2D eigenvalue weighted by molar-refractivity contribution is -0.385. The van der Waals surface area contributed by atoms with Crippen LogP contribution in [0.25, 0.3) is 0 Å². The van der Waals surface area contributed by atoms with Crippen LogP contribution in [0.5, 0.6) is 5.75 Å². The molecule has 0 spiro atoms. The number of benzene rings is 1. The van der Waals surface area contributed by atoms with Gasteiger partial charge < -0.3 is 9.84 Å². The van der Waals surface area contributed by atoms with Crippen LogP contribution in [0.2, 0.25) is 0 Å². The number of hydrogen-bond acceptors (Lipinski definition) is 5. The van der Waals surface area contributed by atoms with Crippen LogP contribution in [0.1, 0.15) is 25.3 Å². The average molecular weight is 305 g/mol. The second-order valence-electron chi connectivity index (χ2n) is 5.34. The Bertz CT molecular complexity index is 639. The van der Waals surface area contributed by atoms with Gasteiger partial charge in [0, 0.05) is 0 Å². The first-order valence-corrected chi connectivity index (χ1v) is 7.04. The number of aliphatic hydroxyl groups is 1. The van der Waals surface area contributed by atoms with E-state index in [0.717, 1.165) is 17.5 Å². The van der Waals surface area contributed by atoms with Crippen molar-refractivity contribution in [2.45, 2.75) is 32.4 Å². The number of nitro groups is 1. The largest absolute Gasteiger partial charge is 0.491 e. The summed E-state index contributed by atoms with van der Waals surface area (Å²) in [7, 11) is 0. The van der Waals surface area contributed by atoms with Crippen molar-refractivity contribution >= 4 is 5.69 Å². The van der Waals surface area contributed by atoms with E-state index in [-0.39, 0.29) is 18.8 Å². The third-order valence-electron chi connectivity index (χ3n) is 3.20. The molecular formula is C15H19N3O4. The molecule has 2 rings (SSSR count). The highest BCUT2D eigenvalue weighted by Crippen LogP contribution is 2.25. The van der Waals surface area contributed by atoms with Gasteiger partial charge in [0.2, 0.25) is 0 Å². The second-order valence-corrected chi connectivity index (χ2v) is 5.34. The van der Waals surface area contributed by atoms with Gasteiger partial charge >= 0.3 is 5.69 Å². The number of para-hydroxylation sites is 1. The summed E-state index contributed by atoms with van der Waals surface area (Å²) in [5.74, 6) is 1.06. The van der Waals surface area contributed by atoms with Crippen LogP contribution in [0.3, 0.4) is 0 Å². The van der Waals surface area contributed by atoms with Crippen molar-refractivity contribution in [1.82, 2.24) is 9.78 Å². The molecule has 0 fully saturated rings. The summed E-state index contributed by atoms with van der Waals surface area (Å²) < 4.78 is 7.00. The smallest absolute Gasteiger partial charge is 0.306 e. The van der Waals surface area contributed by atoms with Crippen molar-refractivity contribution in [3.8, 4) is 5.75 Å². The molecule has 2 aromatic rings. The lowest BCUT2D eigenvalue weighted by atomic mass is 10.0. The Kier molecular flexibility index (Phi) is 5.11. The molecule has 0 aliphatic rings. The summed E-state index contributed by atoms with van der Waals surface area (Å²) in [4.78, 5) is 10.1.